The zero-order valence-corrected chi connectivity index (χ0v) is 18.3. The first-order valence-electron chi connectivity index (χ1n) is 11.0. The molecule has 5 nitrogen and oxygen atoms in total. The molecule has 3 heterocycles. The van der Waals surface area contributed by atoms with E-state index in [0.29, 0.717) is 5.52 Å². The Bertz CT molecular complexity index is 1400. The van der Waals surface area contributed by atoms with Crippen molar-refractivity contribution in [2.75, 3.05) is 11.9 Å². The molecule has 3 aromatic carbocycles. The maximum absolute atomic E-state index is 13.5. The number of hydrogen-bond donors (Lipinski definition) is 1. The van der Waals surface area contributed by atoms with Crippen molar-refractivity contribution in [1.29, 1.82) is 0 Å². The number of nitrogens with one attached hydrogen (secondary N) is 1. The summed E-state index contributed by atoms with van der Waals surface area (Å²) in [6.45, 7) is 0.756. The fourth-order valence-corrected chi connectivity index (χ4v) is 6.65. The van der Waals surface area contributed by atoms with E-state index in [2.05, 4.69) is 17.4 Å². The number of anilines is 1. The summed E-state index contributed by atoms with van der Waals surface area (Å²) in [5.74, 6) is 0.234. The summed E-state index contributed by atoms with van der Waals surface area (Å²) < 4.78 is 34.8. The minimum atomic E-state index is -3.72. The summed E-state index contributed by atoms with van der Waals surface area (Å²) in [6.07, 6.45) is 3.85. The third-order valence-electron chi connectivity index (χ3n) is 6.72. The zero-order chi connectivity index (χ0) is 21.7. The van der Waals surface area contributed by atoms with E-state index in [1.54, 1.807) is 24.3 Å². The highest BCUT2D eigenvalue weighted by Crippen LogP contribution is 2.50. The molecule has 2 aliphatic rings. The van der Waals surface area contributed by atoms with Crippen molar-refractivity contribution in [3.05, 3.63) is 96.2 Å². The number of ether oxygens (including phenoxy) is 1. The van der Waals surface area contributed by atoms with E-state index in [0.717, 1.165) is 36.1 Å². The number of benzene rings is 3. The third-order valence-corrected chi connectivity index (χ3v) is 8.41. The Morgan fingerprint density at radius 3 is 2.50 bits per heavy atom. The van der Waals surface area contributed by atoms with E-state index in [4.69, 9.17) is 4.74 Å². The minimum Gasteiger partial charge on any atom is -0.377 e. The fourth-order valence-electron chi connectivity index (χ4n) is 5.25. The fraction of sp³-hybridized carbons (Fsp3) is 0.231. The van der Waals surface area contributed by atoms with E-state index in [9.17, 15) is 8.42 Å². The number of nitrogens with zero attached hydrogens (tertiary/aromatic N) is 1. The lowest BCUT2D eigenvalue weighted by molar-refractivity contribution is -0.0380. The molecule has 1 saturated heterocycles. The lowest BCUT2D eigenvalue weighted by Crippen LogP contribution is -2.35. The van der Waals surface area contributed by atoms with E-state index in [1.165, 1.54) is 9.54 Å². The molecular weight excluding hydrogens is 420 g/mol. The Labute approximate surface area is 187 Å². The maximum Gasteiger partial charge on any atom is 0.268 e. The number of rotatable bonds is 3. The van der Waals surface area contributed by atoms with E-state index < -0.39 is 10.0 Å². The normalized spacial score (nSPS) is 22.7. The standard InChI is InChI=1S/C26H24N2O3S/c29-32(30,18-9-2-1-3-10-18)28-17-22(19-11-5-7-15-24(19)28)25-21-13-8-16-31-26(21)20-12-4-6-14-23(20)27-25/h1-7,9-12,14-15,17,21,25-27H,8,13,16H2/t21-,25-,26+/m0/s1. The molecular formula is C26H24N2O3S. The lowest BCUT2D eigenvalue weighted by atomic mass is 9.77. The molecule has 1 fully saturated rings. The van der Waals surface area contributed by atoms with Crippen LogP contribution in [0.25, 0.3) is 10.9 Å². The predicted molar refractivity (Wildman–Crippen MR) is 125 cm³/mol. The van der Waals surface area contributed by atoms with Gasteiger partial charge in [-0.15, -0.1) is 0 Å². The van der Waals surface area contributed by atoms with Gasteiger partial charge in [0.25, 0.3) is 10.0 Å². The maximum atomic E-state index is 13.5. The highest BCUT2D eigenvalue weighted by molar-refractivity contribution is 7.90. The van der Waals surface area contributed by atoms with Crippen molar-refractivity contribution < 1.29 is 13.2 Å². The monoisotopic (exact) mass is 444 g/mol. The van der Waals surface area contributed by atoms with Crippen molar-refractivity contribution in [1.82, 2.24) is 3.97 Å². The van der Waals surface area contributed by atoms with Gasteiger partial charge in [-0.2, -0.15) is 0 Å². The first-order chi connectivity index (χ1) is 15.6. The van der Waals surface area contributed by atoms with Gasteiger partial charge >= 0.3 is 0 Å². The third kappa shape index (κ3) is 2.98. The lowest BCUT2D eigenvalue weighted by Gasteiger charge is -2.43. The van der Waals surface area contributed by atoms with Gasteiger partial charge in [0.1, 0.15) is 0 Å². The predicted octanol–water partition coefficient (Wildman–Crippen LogP) is 5.51. The van der Waals surface area contributed by atoms with E-state index >= 15 is 0 Å². The second-order valence-corrected chi connectivity index (χ2v) is 10.3. The average Bonchev–Trinajstić information content (AvgIpc) is 3.24. The number of para-hydroxylation sites is 2. The molecule has 0 amide bonds. The van der Waals surface area contributed by atoms with Crippen LogP contribution in [-0.2, 0) is 14.8 Å². The molecule has 32 heavy (non-hydrogen) atoms. The molecule has 0 unspecified atom stereocenters. The van der Waals surface area contributed by atoms with E-state index in [-0.39, 0.29) is 23.0 Å². The molecule has 3 atom stereocenters. The molecule has 0 saturated carbocycles. The smallest absolute Gasteiger partial charge is 0.268 e. The van der Waals surface area contributed by atoms with Crippen LogP contribution in [0.2, 0.25) is 0 Å². The molecule has 0 spiro atoms. The topological polar surface area (TPSA) is 60.3 Å². The summed E-state index contributed by atoms with van der Waals surface area (Å²) in [5, 5.41) is 4.67. The van der Waals surface area contributed by atoms with Crippen LogP contribution in [-0.4, -0.2) is 19.0 Å². The molecule has 6 rings (SSSR count). The number of fused-ring (bicyclic) bond motifs is 4. The molecule has 0 bridgehead atoms. The van der Waals surface area contributed by atoms with Gasteiger partial charge < -0.3 is 10.1 Å². The quantitative estimate of drug-likeness (QED) is 0.452. The Balaban J connectivity index is 1.54. The summed E-state index contributed by atoms with van der Waals surface area (Å²) in [7, 11) is -3.72. The van der Waals surface area contributed by atoms with Gasteiger partial charge in [0.2, 0.25) is 0 Å². The molecule has 1 N–H and O–H groups in total. The summed E-state index contributed by atoms with van der Waals surface area (Å²) in [6, 6.07) is 24.6. The van der Waals surface area contributed by atoms with Gasteiger partial charge in [-0.05, 0) is 37.1 Å². The van der Waals surface area contributed by atoms with Crippen LogP contribution >= 0.6 is 0 Å². The van der Waals surface area contributed by atoms with Crippen LogP contribution < -0.4 is 5.32 Å². The first-order valence-corrected chi connectivity index (χ1v) is 12.5. The summed E-state index contributed by atoms with van der Waals surface area (Å²) in [5.41, 5.74) is 3.94. The van der Waals surface area contributed by atoms with Crippen molar-refractivity contribution in [3.63, 3.8) is 0 Å². The number of hydrogen-bond acceptors (Lipinski definition) is 4. The van der Waals surface area contributed by atoms with Gasteiger partial charge in [-0.1, -0.05) is 54.6 Å². The van der Waals surface area contributed by atoms with Gasteiger partial charge in [-0.3, -0.25) is 0 Å². The Kier molecular flexibility index (Phi) is 4.59. The van der Waals surface area contributed by atoms with E-state index in [1.807, 2.05) is 48.7 Å². The SMILES string of the molecule is O=S(=O)(c1ccccc1)n1cc([C@H]2Nc3ccccc3[C@H]3OCCC[C@@H]23)c2ccccc21. The van der Waals surface area contributed by atoms with Crippen LogP contribution in [0.3, 0.4) is 0 Å². The molecule has 2 aliphatic heterocycles. The second kappa shape index (κ2) is 7.50. The Morgan fingerprint density at radius 1 is 0.875 bits per heavy atom. The minimum absolute atomic E-state index is 0.0130. The molecule has 1 aromatic heterocycles. The number of aromatic nitrogens is 1. The van der Waals surface area contributed by atoms with Crippen LogP contribution in [0.1, 0.15) is 36.1 Å². The molecule has 6 heteroatoms. The Hall–Kier alpha value is -3.09. The summed E-state index contributed by atoms with van der Waals surface area (Å²) in [4.78, 5) is 0.285. The molecule has 0 aliphatic carbocycles. The van der Waals surface area contributed by atoms with Gasteiger partial charge in [0, 0.05) is 40.9 Å². The first kappa shape index (κ1) is 19.6. The summed E-state index contributed by atoms with van der Waals surface area (Å²) >= 11 is 0. The molecule has 4 aromatic rings. The molecule has 162 valence electrons. The van der Waals surface area contributed by atoms with Crippen LogP contribution in [0, 0.1) is 5.92 Å². The van der Waals surface area contributed by atoms with Gasteiger partial charge in [0.15, 0.2) is 0 Å². The zero-order valence-electron chi connectivity index (χ0n) is 17.5. The second-order valence-electron chi connectivity index (χ2n) is 8.52. The van der Waals surface area contributed by atoms with Gasteiger partial charge in [0.05, 0.1) is 22.6 Å². The van der Waals surface area contributed by atoms with Crippen LogP contribution in [0.15, 0.2) is 90.0 Å². The van der Waals surface area contributed by atoms with Crippen molar-refractivity contribution >= 4 is 26.6 Å². The highest BCUT2D eigenvalue weighted by Gasteiger charge is 2.41. The largest absolute Gasteiger partial charge is 0.377 e. The van der Waals surface area contributed by atoms with Crippen LogP contribution in [0.5, 0.6) is 0 Å². The molecule has 0 radical (unpaired) electrons. The highest BCUT2D eigenvalue weighted by atomic mass is 32.2. The van der Waals surface area contributed by atoms with Crippen molar-refractivity contribution in [3.8, 4) is 0 Å². The average molecular weight is 445 g/mol. The van der Waals surface area contributed by atoms with Crippen molar-refractivity contribution in [2.24, 2.45) is 5.92 Å². The Morgan fingerprint density at radius 2 is 1.62 bits per heavy atom. The van der Waals surface area contributed by atoms with Crippen molar-refractivity contribution in [2.45, 2.75) is 29.9 Å². The van der Waals surface area contributed by atoms with Crippen LogP contribution in [0.4, 0.5) is 5.69 Å². The van der Waals surface area contributed by atoms with Gasteiger partial charge in [-0.25, -0.2) is 12.4 Å².